The normalized spacial score (nSPS) is 14.2. The third-order valence-corrected chi connectivity index (χ3v) is 5.66. The molecule has 0 atom stereocenters. The maximum Gasteiger partial charge on any atom is 0.278 e. The lowest BCUT2D eigenvalue weighted by Crippen LogP contribution is -2.34. The molecule has 2 aromatic rings. The van der Waals surface area contributed by atoms with Gasteiger partial charge in [0, 0.05) is 18.8 Å². The molecule has 2 amide bonds. The molecule has 1 N–H and O–H groups in total. The fourth-order valence-corrected chi connectivity index (χ4v) is 3.80. The number of carbonyl (C=O) groups excluding carboxylic acids is 2. The molecule has 0 saturated heterocycles. The molecule has 5 heteroatoms. The summed E-state index contributed by atoms with van der Waals surface area (Å²) in [5.74, 6) is -0.542. The van der Waals surface area contributed by atoms with Crippen LogP contribution in [-0.2, 0) is 14.3 Å². The zero-order valence-corrected chi connectivity index (χ0v) is 19.3. The van der Waals surface area contributed by atoms with Crippen LogP contribution in [0.3, 0.4) is 0 Å². The SMILES string of the molecule is Cc1ccc(C2=C(Nc3cccc(C)c3C)C(=O)N(CCCOC(C)C)C2=O)c(C)c1. The van der Waals surface area contributed by atoms with Crippen molar-refractivity contribution in [3.63, 3.8) is 0 Å². The van der Waals surface area contributed by atoms with Crippen molar-refractivity contribution < 1.29 is 14.3 Å². The van der Waals surface area contributed by atoms with E-state index in [-0.39, 0.29) is 17.9 Å². The number of imide groups is 1. The highest BCUT2D eigenvalue weighted by molar-refractivity contribution is 6.36. The lowest BCUT2D eigenvalue weighted by Gasteiger charge is -2.16. The molecule has 1 aliphatic heterocycles. The van der Waals surface area contributed by atoms with E-state index in [2.05, 4.69) is 5.32 Å². The Hall–Kier alpha value is -2.92. The number of hydrogen-bond acceptors (Lipinski definition) is 4. The van der Waals surface area contributed by atoms with Crippen molar-refractivity contribution in [3.8, 4) is 0 Å². The van der Waals surface area contributed by atoms with E-state index in [1.54, 1.807) is 0 Å². The lowest BCUT2D eigenvalue weighted by molar-refractivity contribution is -0.137. The number of carbonyl (C=O) groups is 2. The van der Waals surface area contributed by atoms with Gasteiger partial charge in [-0.3, -0.25) is 14.5 Å². The zero-order chi connectivity index (χ0) is 22.7. The van der Waals surface area contributed by atoms with Gasteiger partial charge in [-0.1, -0.05) is 35.9 Å². The Labute approximate surface area is 185 Å². The highest BCUT2D eigenvalue weighted by Gasteiger charge is 2.39. The summed E-state index contributed by atoms with van der Waals surface area (Å²) in [7, 11) is 0. The Morgan fingerprint density at radius 3 is 2.39 bits per heavy atom. The van der Waals surface area contributed by atoms with Gasteiger partial charge in [-0.25, -0.2) is 0 Å². The van der Waals surface area contributed by atoms with Crippen LogP contribution in [0.1, 0.15) is 48.1 Å². The van der Waals surface area contributed by atoms with Gasteiger partial charge in [-0.05, 0) is 76.3 Å². The first-order valence-corrected chi connectivity index (χ1v) is 10.8. The first kappa shape index (κ1) is 22.8. The molecule has 0 aromatic heterocycles. The first-order valence-electron chi connectivity index (χ1n) is 10.8. The summed E-state index contributed by atoms with van der Waals surface area (Å²) < 4.78 is 5.59. The number of amides is 2. The quantitative estimate of drug-likeness (QED) is 0.486. The molecule has 0 spiro atoms. The number of anilines is 1. The van der Waals surface area contributed by atoms with Crippen LogP contribution in [0.2, 0.25) is 0 Å². The van der Waals surface area contributed by atoms with Gasteiger partial charge >= 0.3 is 0 Å². The smallest absolute Gasteiger partial charge is 0.278 e. The highest BCUT2D eigenvalue weighted by Crippen LogP contribution is 2.33. The second-order valence-corrected chi connectivity index (χ2v) is 8.48. The molecular weight excluding hydrogens is 388 g/mol. The average molecular weight is 421 g/mol. The highest BCUT2D eigenvalue weighted by atomic mass is 16.5. The number of ether oxygens (including phenoxy) is 1. The van der Waals surface area contributed by atoms with Gasteiger partial charge in [0.15, 0.2) is 0 Å². The zero-order valence-electron chi connectivity index (χ0n) is 19.3. The summed E-state index contributed by atoms with van der Waals surface area (Å²) in [5, 5.41) is 3.30. The topological polar surface area (TPSA) is 58.6 Å². The Morgan fingerprint density at radius 2 is 1.71 bits per heavy atom. The standard InChI is InChI=1S/C26H32N2O3/c1-16(2)31-14-8-13-28-25(29)23(21-12-11-17(3)15-19(21)5)24(26(28)30)27-22-10-7-9-18(4)20(22)6/h7,9-12,15-16,27H,8,13-14H2,1-6H3. The van der Waals surface area contributed by atoms with E-state index in [9.17, 15) is 9.59 Å². The summed E-state index contributed by atoms with van der Waals surface area (Å²) in [6.07, 6.45) is 0.724. The molecular formula is C26H32N2O3. The molecule has 31 heavy (non-hydrogen) atoms. The van der Waals surface area contributed by atoms with Crippen molar-refractivity contribution in [2.24, 2.45) is 0 Å². The number of hydrogen-bond donors (Lipinski definition) is 1. The minimum atomic E-state index is -0.287. The number of aryl methyl sites for hydroxylation is 3. The fourth-order valence-electron chi connectivity index (χ4n) is 3.80. The van der Waals surface area contributed by atoms with Crippen LogP contribution in [0.5, 0.6) is 0 Å². The van der Waals surface area contributed by atoms with Crippen LogP contribution >= 0.6 is 0 Å². The predicted octanol–water partition coefficient (Wildman–Crippen LogP) is 4.93. The predicted molar refractivity (Wildman–Crippen MR) is 125 cm³/mol. The summed E-state index contributed by atoms with van der Waals surface area (Å²) in [4.78, 5) is 28.1. The lowest BCUT2D eigenvalue weighted by atomic mass is 9.97. The Morgan fingerprint density at radius 1 is 0.968 bits per heavy atom. The summed E-state index contributed by atoms with van der Waals surface area (Å²) in [6.45, 7) is 12.8. The van der Waals surface area contributed by atoms with E-state index in [0.29, 0.717) is 30.8 Å². The van der Waals surface area contributed by atoms with Gasteiger partial charge in [0.25, 0.3) is 11.8 Å². The molecule has 0 fully saturated rings. The van der Waals surface area contributed by atoms with Crippen molar-refractivity contribution >= 4 is 23.1 Å². The van der Waals surface area contributed by atoms with E-state index in [1.165, 1.54) is 4.90 Å². The van der Waals surface area contributed by atoms with Crippen LogP contribution < -0.4 is 5.32 Å². The van der Waals surface area contributed by atoms with E-state index >= 15 is 0 Å². The molecule has 2 aromatic carbocycles. The van der Waals surface area contributed by atoms with Crippen LogP contribution in [0.15, 0.2) is 42.1 Å². The van der Waals surface area contributed by atoms with Crippen LogP contribution in [0, 0.1) is 27.7 Å². The molecule has 164 valence electrons. The van der Waals surface area contributed by atoms with Gasteiger partial charge in [-0.15, -0.1) is 0 Å². The molecule has 1 aliphatic rings. The third kappa shape index (κ3) is 4.88. The molecule has 0 aliphatic carbocycles. The maximum atomic E-state index is 13.4. The molecule has 1 heterocycles. The summed E-state index contributed by atoms with van der Waals surface area (Å²) in [6, 6.07) is 11.9. The number of benzene rings is 2. The van der Waals surface area contributed by atoms with E-state index < -0.39 is 0 Å². The third-order valence-electron chi connectivity index (χ3n) is 5.66. The van der Waals surface area contributed by atoms with Gasteiger partial charge in [-0.2, -0.15) is 0 Å². The van der Waals surface area contributed by atoms with Crippen molar-refractivity contribution in [3.05, 3.63) is 69.9 Å². The second-order valence-electron chi connectivity index (χ2n) is 8.48. The fraction of sp³-hybridized carbons (Fsp3) is 0.385. The Bertz CT molecular complexity index is 1040. The van der Waals surface area contributed by atoms with E-state index in [1.807, 2.05) is 77.9 Å². The second kappa shape index (κ2) is 9.48. The molecule has 3 rings (SSSR count). The van der Waals surface area contributed by atoms with E-state index in [0.717, 1.165) is 33.5 Å². The number of nitrogens with one attached hydrogen (secondary N) is 1. The van der Waals surface area contributed by atoms with Gasteiger partial charge in [0.1, 0.15) is 5.70 Å². The van der Waals surface area contributed by atoms with Crippen molar-refractivity contribution in [2.75, 3.05) is 18.5 Å². The van der Waals surface area contributed by atoms with Crippen molar-refractivity contribution in [1.82, 2.24) is 4.90 Å². The average Bonchev–Trinajstić information content (AvgIpc) is 2.93. The Balaban J connectivity index is 1.99. The molecule has 0 unspecified atom stereocenters. The van der Waals surface area contributed by atoms with Gasteiger partial charge in [0.05, 0.1) is 11.7 Å². The minimum absolute atomic E-state index is 0.121. The monoisotopic (exact) mass is 420 g/mol. The van der Waals surface area contributed by atoms with Gasteiger partial charge < -0.3 is 10.1 Å². The molecule has 0 saturated carbocycles. The van der Waals surface area contributed by atoms with Gasteiger partial charge in [0.2, 0.25) is 0 Å². The minimum Gasteiger partial charge on any atom is -0.379 e. The number of rotatable bonds is 8. The van der Waals surface area contributed by atoms with Crippen molar-refractivity contribution in [1.29, 1.82) is 0 Å². The number of nitrogens with zero attached hydrogens (tertiary/aromatic N) is 1. The largest absolute Gasteiger partial charge is 0.379 e. The van der Waals surface area contributed by atoms with Crippen LogP contribution in [-0.4, -0.2) is 36.0 Å². The van der Waals surface area contributed by atoms with Crippen molar-refractivity contribution in [2.45, 2.75) is 54.1 Å². The van der Waals surface area contributed by atoms with Crippen LogP contribution in [0.25, 0.3) is 5.57 Å². The van der Waals surface area contributed by atoms with E-state index in [4.69, 9.17) is 4.74 Å². The Kier molecular flexibility index (Phi) is 6.96. The molecule has 0 radical (unpaired) electrons. The molecule has 5 nitrogen and oxygen atoms in total. The van der Waals surface area contributed by atoms with Crippen LogP contribution in [0.4, 0.5) is 5.69 Å². The molecule has 0 bridgehead atoms. The first-order chi connectivity index (χ1) is 14.7. The maximum absolute atomic E-state index is 13.4. The summed E-state index contributed by atoms with van der Waals surface area (Å²) >= 11 is 0. The summed E-state index contributed by atoms with van der Waals surface area (Å²) in [5.41, 5.74) is 6.67.